The third-order valence-electron chi connectivity index (χ3n) is 1.62. The molecule has 4 heteroatoms. The van der Waals surface area contributed by atoms with Crippen molar-refractivity contribution < 1.29 is 9.53 Å². The van der Waals surface area contributed by atoms with Gasteiger partial charge in [-0.05, 0) is 12.8 Å². The summed E-state index contributed by atoms with van der Waals surface area (Å²) in [5.74, 6) is 0.523. The number of aldehydes is 1. The van der Waals surface area contributed by atoms with Gasteiger partial charge >= 0.3 is 0 Å². The molecule has 0 heterocycles. The lowest BCUT2D eigenvalue weighted by molar-refractivity contribution is 0.112. The Morgan fingerprint density at radius 3 is 2.77 bits per heavy atom. The van der Waals surface area contributed by atoms with Crippen LogP contribution in [0.4, 0.5) is 5.69 Å². The topological polar surface area (TPSA) is 38.7 Å². The number of hydrogen-bond donors (Lipinski definition) is 1. The van der Waals surface area contributed by atoms with Crippen LogP contribution in [0.2, 0.25) is 0 Å². The second-order valence-electron chi connectivity index (χ2n) is 2.36. The van der Waals surface area contributed by atoms with Gasteiger partial charge in [-0.3, -0.25) is 9.79 Å². The highest BCUT2D eigenvalue weighted by atomic mass is 32.1. The number of aliphatic imine (C=N–C) groups is 1. The molecular weight excluding hydrogens is 186 g/mol. The molecule has 0 spiro atoms. The minimum Gasteiger partial charge on any atom is -0.495 e. The summed E-state index contributed by atoms with van der Waals surface area (Å²) >= 11 is 4.14. The molecule has 0 saturated carbocycles. The minimum absolute atomic E-state index is 0.449. The van der Waals surface area contributed by atoms with Gasteiger partial charge in [-0.25, -0.2) is 0 Å². The molecule has 0 aliphatic rings. The maximum absolute atomic E-state index is 10.6. The van der Waals surface area contributed by atoms with E-state index in [-0.39, 0.29) is 0 Å². The van der Waals surface area contributed by atoms with Gasteiger partial charge in [0.1, 0.15) is 5.75 Å². The average Bonchev–Trinajstić information content (AvgIpc) is 2.18. The number of carbonyl (C=O) groups excluding carboxylic acids is 1. The second-order valence-corrected chi connectivity index (χ2v) is 2.81. The van der Waals surface area contributed by atoms with Crippen LogP contribution < -0.4 is 4.74 Å². The molecule has 13 heavy (non-hydrogen) atoms. The minimum atomic E-state index is 0.449. The first-order valence-electron chi connectivity index (χ1n) is 3.55. The van der Waals surface area contributed by atoms with Gasteiger partial charge in [-0.2, -0.15) is 0 Å². The summed E-state index contributed by atoms with van der Waals surface area (Å²) in [5, 5.41) is 0. The van der Waals surface area contributed by atoms with Crippen molar-refractivity contribution in [3.63, 3.8) is 0 Å². The molecule has 3 nitrogen and oxygen atoms in total. The number of hydrogen-bond acceptors (Lipinski definition) is 4. The third-order valence-corrected chi connectivity index (χ3v) is 2.10. The standard InChI is InChI=1S/C9H9NO2S/c1-10-7-3-6(5-11)9(13)8(4-7)12-2/h3-5,13H,1H2,2H3. The fourth-order valence-electron chi connectivity index (χ4n) is 0.951. The Balaban J connectivity index is 3.36. The number of ether oxygens (including phenoxy) is 1. The van der Waals surface area contributed by atoms with Crippen LogP contribution in [-0.4, -0.2) is 20.1 Å². The van der Waals surface area contributed by atoms with Crippen LogP contribution in [0.15, 0.2) is 22.0 Å². The Morgan fingerprint density at radius 1 is 1.62 bits per heavy atom. The molecule has 0 aliphatic carbocycles. The SMILES string of the molecule is C=Nc1cc(C=O)c(S)c(OC)c1. The first-order valence-corrected chi connectivity index (χ1v) is 4.00. The summed E-state index contributed by atoms with van der Waals surface area (Å²) in [6.07, 6.45) is 0.708. The van der Waals surface area contributed by atoms with Gasteiger partial charge in [-0.15, -0.1) is 12.6 Å². The van der Waals surface area contributed by atoms with Crippen molar-refractivity contribution in [2.24, 2.45) is 4.99 Å². The Bertz CT molecular complexity index is 350. The largest absolute Gasteiger partial charge is 0.495 e. The lowest BCUT2D eigenvalue weighted by Crippen LogP contribution is -1.89. The predicted molar refractivity (Wildman–Crippen MR) is 54.8 cm³/mol. The predicted octanol–water partition coefficient (Wildman–Crippen LogP) is 2.13. The highest BCUT2D eigenvalue weighted by Crippen LogP contribution is 2.30. The van der Waals surface area contributed by atoms with Gasteiger partial charge in [0, 0.05) is 11.6 Å². The van der Waals surface area contributed by atoms with Gasteiger partial charge in [0.15, 0.2) is 6.29 Å². The van der Waals surface area contributed by atoms with Crippen molar-refractivity contribution in [1.29, 1.82) is 0 Å². The Morgan fingerprint density at radius 2 is 2.31 bits per heavy atom. The van der Waals surface area contributed by atoms with Crippen LogP contribution in [0, 0.1) is 0 Å². The molecule has 0 bridgehead atoms. The van der Waals surface area contributed by atoms with Gasteiger partial charge in [0.05, 0.1) is 17.7 Å². The monoisotopic (exact) mass is 195 g/mol. The number of thiol groups is 1. The second kappa shape index (κ2) is 4.09. The Hall–Kier alpha value is -1.29. The maximum Gasteiger partial charge on any atom is 0.151 e. The first kappa shape index (κ1) is 9.80. The van der Waals surface area contributed by atoms with Gasteiger partial charge in [0.2, 0.25) is 0 Å². The fourth-order valence-corrected chi connectivity index (χ4v) is 1.22. The molecule has 68 valence electrons. The van der Waals surface area contributed by atoms with Crippen LogP contribution in [0.1, 0.15) is 10.4 Å². The van der Waals surface area contributed by atoms with Crippen molar-refractivity contribution in [3.05, 3.63) is 17.7 Å². The van der Waals surface area contributed by atoms with Crippen LogP contribution in [0.3, 0.4) is 0 Å². The van der Waals surface area contributed by atoms with E-state index in [1.165, 1.54) is 7.11 Å². The van der Waals surface area contributed by atoms with Crippen LogP contribution in [0.25, 0.3) is 0 Å². The number of rotatable bonds is 3. The number of methoxy groups -OCH3 is 1. The van der Waals surface area contributed by atoms with E-state index < -0.39 is 0 Å². The molecule has 0 unspecified atom stereocenters. The molecule has 1 aromatic carbocycles. The molecule has 0 amide bonds. The van der Waals surface area contributed by atoms with Crippen molar-refractivity contribution in [2.75, 3.05) is 7.11 Å². The summed E-state index contributed by atoms with van der Waals surface area (Å²) < 4.78 is 5.01. The third kappa shape index (κ3) is 1.89. The lowest BCUT2D eigenvalue weighted by atomic mass is 10.2. The van der Waals surface area contributed by atoms with E-state index in [2.05, 4.69) is 24.3 Å². The zero-order chi connectivity index (χ0) is 9.84. The van der Waals surface area contributed by atoms with E-state index >= 15 is 0 Å². The van der Waals surface area contributed by atoms with E-state index in [0.717, 1.165) is 0 Å². The molecule has 0 atom stereocenters. The number of carbonyl (C=O) groups is 1. The molecule has 0 aromatic heterocycles. The van der Waals surface area contributed by atoms with E-state index in [0.29, 0.717) is 28.2 Å². The van der Waals surface area contributed by atoms with Gasteiger partial charge in [0.25, 0.3) is 0 Å². The van der Waals surface area contributed by atoms with E-state index in [1.807, 2.05) is 0 Å². The van der Waals surface area contributed by atoms with Crippen molar-refractivity contribution in [2.45, 2.75) is 4.90 Å². The molecule has 1 rings (SSSR count). The smallest absolute Gasteiger partial charge is 0.151 e. The maximum atomic E-state index is 10.6. The molecular formula is C9H9NO2S. The van der Waals surface area contributed by atoms with Crippen LogP contribution >= 0.6 is 12.6 Å². The lowest BCUT2D eigenvalue weighted by Gasteiger charge is -2.06. The van der Waals surface area contributed by atoms with E-state index in [9.17, 15) is 4.79 Å². The van der Waals surface area contributed by atoms with Crippen molar-refractivity contribution in [1.82, 2.24) is 0 Å². The van der Waals surface area contributed by atoms with Gasteiger partial charge < -0.3 is 4.74 Å². The highest BCUT2D eigenvalue weighted by molar-refractivity contribution is 7.80. The average molecular weight is 195 g/mol. The first-order chi connectivity index (χ1) is 6.22. The highest BCUT2D eigenvalue weighted by Gasteiger charge is 2.06. The zero-order valence-corrected chi connectivity index (χ0v) is 8.04. The molecule has 1 aromatic rings. The zero-order valence-electron chi connectivity index (χ0n) is 7.15. The molecule has 0 saturated heterocycles. The normalized spacial score (nSPS) is 9.38. The fraction of sp³-hybridized carbons (Fsp3) is 0.111. The number of benzene rings is 1. The van der Waals surface area contributed by atoms with Crippen molar-refractivity contribution in [3.8, 4) is 5.75 Å². The summed E-state index contributed by atoms with van der Waals surface area (Å²) in [4.78, 5) is 14.8. The van der Waals surface area contributed by atoms with Crippen molar-refractivity contribution >= 4 is 31.3 Å². The Labute approximate surface area is 81.9 Å². The summed E-state index contributed by atoms with van der Waals surface area (Å²) in [6.45, 7) is 3.36. The van der Waals surface area contributed by atoms with E-state index in [4.69, 9.17) is 4.74 Å². The molecule has 0 N–H and O–H groups in total. The molecule has 0 fully saturated rings. The summed E-state index contributed by atoms with van der Waals surface area (Å²) in [7, 11) is 1.51. The van der Waals surface area contributed by atoms with E-state index in [1.54, 1.807) is 12.1 Å². The van der Waals surface area contributed by atoms with Gasteiger partial charge in [-0.1, -0.05) is 0 Å². The molecule has 0 aliphatic heterocycles. The molecule has 0 radical (unpaired) electrons. The quantitative estimate of drug-likeness (QED) is 0.456. The number of nitrogens with zero attached hydrogens (tertiary/aromatic N) is 1. The summed E-state index contributed by atoms with van der Waals surface area (Å²) in [5.41, 5.74) is 1.04. The van der Waals surface area contributed by atoms with Crippen LogP contribution in [0.5, 0.6) is 5.75 Å². The summed E-state index contributed by atoms with van der Waals surface area (Å²) in [6, 6.07) is 3.27. The Kier molecular flexibility index (Phi) is 3.08. The van der Waals surface area contributed by atoms with Crippen LogP contribution in [-0.2, 0) is 0 Å².